The van der Waals surface area contributed by atoms with Gasteiger partial charge in [0.1, 0.15) is 0 Å². The molecule has 3 rings (SSSR count). The van der Waals surface area contributed by atoms with Crippen LogP contribution in [0.5, 0.6) is 17.2 Å². The van der Waals surface area contributed by atoms with Gasteiger partial charge in [-0.15, -0.1) is 0 Å². The van der Waals surface area contributed by atoms with Gasteiger partial charge in [0.05, 0.1) is 26.9 Å². The molecule has 0 N–H and O–H groups in total. The first kappa shape index (κ1) is 18.0. The highest BCUT2D eigenvalue weighted by Crippen LogP contribution is 2.39. The van der Waals surface area contributed by atoms with Crippen LogP contribution in [-0.4, -0.2) is 33.2 Å². The zero-order valence-electron chi connectivity index (χ0n) is 14.4. The summed E-state index contributed by atoms with van der Waals surface area (Å²) in [6, 6.07) is 10.8. The van der Waals surface area contributed by atoms with Gasteiger partial charge in [0.25, 0.3) is 0 Å². The average molecular weight is 418 g/mol. The molecule has 2 aromatic carbocycles. The molecular formula is C19H16BrNO5. The Hall–Kier alpha value is -2.80. The first-order chi connectivity index (χ1) is 12.6. The van der Waals surface area contributed by atoms with E-state index in [0.717, 1.165) is 4.47 Å². The Bertz CT molecular complexity index is 895. The number of hydrogen-bond donors (Lipinski definition) is 0. The summed E-state index contributed by atoms with van der Waals surface area (Å²) in [6.07, 6.45) is 1.61. The number of hydrogen-bond acceptors (Lipinski definition) is 6. The number of carbonyl (C=O) groups is 1. The molecule has 6 nitrogen and oxygen atoms in total. The Morgan fingerprint density at radius 2 is 1.69 bits per heavy atom. The van der Waals surface area contributed by atoms with Crippen LogP contribution in [0.2, 0.25) is 0 Å². The SMILES string of the molecule is COc1cc(/C=C2/N=C(c3ccccc3Br)OC2=O)cc(OC)c1OC. The Morgan fingerprint density at radius 1 is 1.04 bits per heavy atom. The topological polar surface area (TPSA) is 66.4 Å². The maximum absolute atomic E-state index is 12.2. The molecule has 2 aromatic rings. The van der Waals surface area contributed by atoms with Gasteiger partial charge in [0, 0.05) is 4.47 Å². The normalized spacial score (nSPS) is 14.8. The number of ether oxygens (including phenoxy) is 4. The first-order valence-corrected chi connectivity index (χ1v) is 8.44. The lowest BCUT2D eigenvalue weighted by Crippen LogP contribution is -2.05. The molecule has 0 aliphatic carbocycles. The fourth-order valence-electron chi connectivity index (χ4n) is 2.50. The van der Waals surface area contributed by atoms with E-state index in [0.29, 0.717) is 28.4 Å². The van der Waals surface area contributed by atoms with Crippen LogP contribution >= 0.6 is 15.9 Å². The van der Waals surface area contributed by atoms with Crippen molar-refractivity contribution >= 4 is 33.9 Å². The van der Waals surface area contributed by atoms with E-state index in [1.165, 1.54) is 21.3 Å². The van der Waals surface area contributed by atoms with Gasteiger partial charge < -0.3 is 18.9 Å². The van der Waals surface area contributed by atoms with Crippen molar-refractivity contribution in [2.75, 3.05) is 21.3 Å². The zero-order valence-corrected chi connectivity index (χ0v) is 16.0. The van der Waals surface area contributed by atoms with Crippen molar-refractivity contribution in [1.82, 2.24) is 0 Å². The molecule has 1 heterocycles. The number of aliphatic imine (C=N–C) groups is 1. The van der Waals surface area contributed by atoms with E-state index in [9.17, 15) is 4.79 Å². The Kier molecular flexibility index (Phi) is 5.27. The van der Waals surface area contributed by atoms with E-state index in [1.807, 2.05) is 24.3 Å². The molecule has 0 radical (unpaired) electrons. The highest BCUT2D eigenvalue weighted by Gasteiger charge is 2.25. The third kappa shape index (κ3) is 3.43. The molecule has 134 valence electrons. The van der Waals surface area contributed by atoms with E-state index >= 15 is 0 Å². The molecule has 0 aromatic heterocycles. The maximum atomic E-state index is 12.2. The van der Waals surface area contributed by atoms with Gasteiger partial charge >= 0.3 is 5.97 Å². The minimum atomic E-state index is -0.524. The highest BCUT2D eigenvalue weighted by molar-refractivity contribution is 9.10. The molecular weight excluding hydrogens is 402 g/mol. The molecule has 1 aliphatic heterocycles. The molecule has 0 bridgehead atoms. The highest BCUT2D eigenvalue weighted by atomic mass is 79.9. The van der Waals surface area contributed by atoms with Crippen LogP contribution in [0.1, 0.15) is 11.1 Å². The third-order valence-corrected chi connectivity index (χ3v) is 4.41. The number of rotatable bonds is 5. The van der Waals surface area contributed by atoms with Crippen molar-refractivity contribution in [3.05, 3.63) is 57.7 Å². The summed E-state index contributed by atoms with van der Waals surface area (Å²) in [5.74, 6) is 1.18. The summed E-state index contributed by atoms with van der Waals surface area (Å²) >= 11 is 3.43. The quantitative estimate of drug-likeness (QED) is 0.546. The van der Waals surface area contributed by atoms with Gasteiger partial charge in [-0.3, -0.25) is 0 Å². The molecule has 0 saturated heterocycles. The second-order valence-electron chi connectivity index (χ2n) is 5.27. The largest absolute Gasteiger partial charge is 0.493 e. The van der Waals surface area contributed by atoms with Gasteiger partial charge in [0.2, 0.25) is 11.6 Å². The van der Waals surface area contributed by atoms with Gasteiger partial charge in [0.15, 0.2) is 17.2 Å². The summed E-state index contributed by atoms with van der Waals surface area (Å²) in [6.45, 7) is 0. The minimum Gasteiger partial charge on any atom is -0.493 e. The summed E-state index contributed by atoms with van der Waals surface area (Å²) in [5, 5.41) is 0. The summed E-state index contributed by atoms with van der Waals surface area (Å²) < 4.78 is 22.0. The molecule has 1 aliphatic rings. The molecule has 0 spiro atoms. The van der Waals surface area contributed by atoms with Crippen molar-refractivity contribution in [3.8, 4) is 17.2 Å². The molecule has 0 amide bonds. The molecule has 0 atom stereocenters. The number of nitrogens with zero attached hydrogens (tertiary/aromatic N) is 1. The molecule has 0 saturated carbocycles. The predicted octanol–water partition coefficient (Wildman–Crippen LogP) is 3.82. The van der Waals surface area contributed by atoms with Gasteiger partial charge in [-0.2, -0.15) is 0 Å². The molecule has 7 heteroatoms. The molecule has 26 heavy (non-hydrogen) atoms. The van der Waals surface area contributed by atoms with E-state index < -0.39 is 5.97 Å². The van der Waals surface area contributed by atoms with Crippen LogP contribution in [0.4, 0.5) is 0 Å². The van der Waals surface area contributed by atoms with Crippen molar-refractivity contribution in [3.63, 3.8) is 0 Å². The number of cyclic esters (lactones) is 1. The average Bonchev–Trinajstić information content (AvgIpc) is 3.01. The van der Waals surface area contributed by atoms with Crippen LogP contribution in [-0.2, 0) is 9.53 Å². The first-order valence-electron chi connectivity index (χ1n) is 7.65. The number of esters is 1. The van der Waals surface area contributed by atoms with E-state index in [2.05, 4.69) is 20.9 Å². The van der Waals surface area contributed by atoms with E-state index in [-0.39, 0.29) is 11.6 Å². The smallest absolute Gasteiger partial charge is 0.363 e. The van der Waals surface area contributed by atoms with Crippen LogP contribution in [0.3, 0.4) is 0 Å². The second kappa shape index (κ2) is 7.61. The van der Waals surface area contributed by atoms with E-state index in [4.69, 9.17) is 18.9 Å². The lowest BCUT2D eigenvalue weighted by molar-refractivity contribution is -0.129. The third-order valence-electron chi connectivity index (χ3n) is 3.72. The number of benzene rings is 2. The molecule has 0 unspecified atom stereocenters. The lowest BCUT2D eigenvalue weighted by Gasteiger charge is -2.12. The van der Waals surface area contributed by atoms with Crippen molar-refractivity contribution in [2.45, 2.75) is 0 Å². The van der Waals surface area contributed by atoms with Gasteiger partial charge in [-0.1, -0.05) is 12.1 Å². The monoisotopic (exact) mass is 417 g/mol. The second-order valence-corrected chi connectivity index (χ2v) is 6.13. The molecule has 0 fully saturated rings. The van der Waals surface area contributed by atoms with Gasteiger partial charge in [-0.05, 0) is 51.8 Å². The van der Waals surface area contributed by atoms with Crippen LogP contribution in [0, 0.1) is 0 Å². The summed E-state index contributed by atoms with van der Waals surface area (Å²) in [4.78, 5) is 16.5. The van der Waals surface area contributed by atoms with Crippen molar-refractivity contribution in [1.29, 1.82) is 0 Å². The fraction of sp³-hybridized carbons (Fsp3) is 0.158. The number of carbonyl (C=O) groups excluding carboxylic acids is 1. The van der Waals surface area contributed by atoms with Gasteiger partial charge in [-0.25, -0.2) is 9.79 Å². The summed E-state index contributed by atoms with van der Waals surface area (Å²) in [5.41, 5.74) is 1.56. The Morgan fingerprint density at radius 3 is 2.27 bits per heavy atom. The fourth-order valence-corrected chi connectivity index (χ4v) is 2.96. The zero-order chi connectivity index (χ0) is 18.7. The standard InChI is InChI=1S/C19H16BrNO5/c1-23-15-9-11(10-16(24-2)17(15)25-3)8-14-19(22)26-18(21-14)12-6-4-5-7-13(12)20/h4-10H,1-3H3/b14-8+. The number of methoxy groups -OCH3 is 3. The minimum absolute atomic E-state index is 0.185. The van der Waals surface area contributed by atoms with Crippen LogP contribution in [0.15, 0.2) is 51.6 Å². The Balaban J connectivity index is 2.02. The number of halogens is 1. The lowest BCUT2D eigenvalue weighted by atomic mass is 10.1. The van der Waals surface area contributed by atoms with E-state index in [1.54, 1.807) is 18.2 Å². The van der Waals surface area contributed by atoms with Crippen molar-refractivity contribution < 1.29 is 23.7 Å². The van der Waals surface area contributed by atoms with Crippen LogP contribution < -0.4 is 14.2 Å². The Labute approximate surface area is 159 Å². The predicted molar refractivity (Wildman–Crippen MR) is 101 cm³/mol. The maximum Gasteiger partial charge on any atom is 0.363 e. The van der Waals surface area contributed by atoms with Crippen LogP contribution in [0.25, 0.3) is 6.08 Å². The van der Waals surface area contributed by atoms with Crippen molar-refractivity contribution in [2.24, 2.45) is 4.99 Å². The summed E-state index contributed by atoms with van der Waals surface area (Å²) in [7, 11) is 4.59.